The summed E-state index contributed by atoms with van der Waals surface area (Å²) in [5.74, 6) is 0.402. The number of carbonyl (C=O) groups is 1. The fourth-order valence-electron chi connectivity index (χ4n) is 2.80. The molecule has 0 bridgehead atoms. The van der Waals surface area contributed by atoms with Gasteiger partial charge in [0.25, 0.3) is 0 Å². The normalized spacial score (nSPS) is 20.2. The fourth-order valence-corrected chi connectivity index (χ4v) is 2.96. The first-order valence-corrected chi connectivity index (χ1v) is 8.79. The van der Waals surface area contributed by atoms with Gasteiger partial charge in [-0.3, -0.25) is 0 Å². The van der Waals surface area contributed by atoms with Crippen LogP contribution in [0.1, 0.15) is 71.6 Å². The number of carbonyl (C=O) groups excluding carboxylic acids is 1. The summed E-state index contributed by atoms with van der Waals surface area (Å²) in [6.45, 7) is 5.10. The Kier molecular flexibility index (Phi) is 9.08. The third-order valence-electron chi connectivity index (χ3n) is 4.05. The van der Waals surface area contributed by atoms with Gasteiger partial charge in [0, 0.05) is 6.04 Å². The molecule has 0 spiro atoms. The maximum absolute atomic E-state index is 11.9. The summed E-state index contributed by atoms with van der Waals surface area (Å²) >= 11 is 5.81. The molecular weight excluding hydrogens is 274 g/mol. The van der Waals surface area contributed by atoms with Crippen LogP contribution in [0.4, 0.5) is 4.79 Å². The van der Waals surface area contributed by atoms with Crippen LogP contribution < -0.4 is 0 Å². The topological polar surface area (TPSA) is 29.5 Å². The average molecular weight is 304 g/mol. The molecule has 1 aliphatic heterocycles. The molecule has 1 saturated heterocycles. The van der Waals surface area contributed by atoms with Gasteiger partial charge in [0.15, 0.2) is 0 Å². The van der Waals surface area contributed by atoms with E-state index in [1.165, 1.54) is 44.9 Å². The number of nitrogens with zero attached hydrogens (tertiary/aromatic N) is 1. The zero-order valence-corrected chi connectivity index (χ0v) is 13.8. The van der Waals surface area contributed by atoms with Crippen molar-refractivity contribution in [3.8, 4) is 0 Å². The van der Waals surface area contributed by atoms with Crippen molar-refractivity contribution in [2.75, 3.05) is 12.4 Å². The maximum Gasteiger partial charge on any atom is 0.410 e. The molecule has 118 valence electrons. The molecule has 20 heavy (non-hydrogen) atoms. The van der Waals surface area contributed by atoms with Crippen molar-refractivity contribution in [1.82, 2.24) is 4.90 Å². The monoisotopic (exact) mass is 303 g/mol. The molecule has 0 radical (unpaired) electrons. The quantitative estimate of drug-likeness (QED) is 0.398. The van der Waals surface area contributed by atoms with Gasteiger partial charge in [0.2, 0.25) is 0 Å². The summed E-state index contributed by atoms with van der Waals surface area (Å²) in [6, 6.07) is 0.345. The van der Waals surface area contributed by atoms with Gasteiger partial charge >= 0.3 is 6.09 Å². The Labute approximate surface area is 129 Å². The highest BCUT2D eigenvalue weighted by molar-refractivity contribution is 6.18. The van der Waals surface area contributed by atoms with Crippen LogP contribution in [0.5, 0.6) is 0 Å². The summed E-state index contributed by atoms with van der Waals surface area (Å²) in [6.07, 6.45) is 10.7. The molecule has 0 saturated carbocycles. The molecule has 1 fully saturated rings. The Morgan fingerprint density at radius 1 is 1.15 bits per heavy atom. The number of alkyl halides is 1. The lowest BCUT2D eigenvalue weighted by molar-refractivity contribution is 0.130. The largest absolute Gasteiger partial charge is 0.443 e. The van der Waals surface area contributed by atoms with Crippen LogP contribution in [0.15, 0.2) is 0 Å². The van der Waals surface area contributed by atoms with E-state index in [0.29, 0.717) is 18.5 Å². The number of ether oxygens (including phenoxy) is 1. The van der Waals surface area contributed by atoms with Crippen molar-refractivity contribution in [1.29, 1.82) is 0 Å². The van der Waals surface area contributed by atoms with Crippen LogP contribution in [0, 0.1) is 0 Å². The lowest BCUT2D eigenvalue weighted by atomic mass is 10.0. The molecule has 3 nitrogen and oxygen atoms in total. The molecule has 1 heterocycles. The molecule has 1 rings (SSSR count). The van der Waals surface area contributed by atoms with E-state index in [1.54, 1.807) is 0 Å². The second-order valence-electron chi connectivity index (χ2n) is 5.81. The van der Waals surface area contributed by atoms with Gasteiger partial charge in [0.05, 0.1) is 12.4 Å². The van der Waals surface area contributed by atoms with Crippen molar-refractivity contribution in [2.45, 2.75) is 83.8 Å². The van der Waals surface area contributed by atoms with Crippen molar-refractivity contribution in [3.05, 3.63) is 0 Å². The summed E-state index contributed by atoms with van der Waals surface area (Å²) in [4.78, 5) is 13.8. The molecule has 1 amide bonds. The van der Waals surface area contributed by atoms with Crippen LogP contribution in [0.25, 0.3) is 0 Å². The van der Waals surface area contributed by atoms with Crippen molar-refractivity contribution >= 4 is 17.7 Å². The molecular formula is C16H30ClNO2. The minimum Gasteiger partial charge on any atom is -0.443 e. The van der Waals surface area contributed by atoms with Gasteiger partial charge in [-0.05, 0) is 12.8 Å². The number of rotatable bonds is 11. The SMILES string of the molecule is CCCCCCCC(CCCC)N1CC(CCl)OC1=O. The second kappa shape index (κ2) is 10.3. The Balaban J connectivity index is 2.40. The first kappa shape index (κ1) is 17.6. The summed E-state index contributed by atoms with van der Waals surface area (Å²) < 4.78 is 5.28. The molecule has 2 unspecified atom stereocenters. The van der Waals surface area contributed by atoms with Crippen molar-refractivity contribution < 1.29 is 9.53 Å². The van der Waals surface area contributed by atoms with E-state index in [1.807, 2.05) is 4.90 Å². The molecule has 0 aromatic carbocycles. The lowest BCUT2D eigenvalue weighted by Crippen LogP contribution is -2.36. The Morgan fingerprint density at radius 2 is 1.80 bits per heavy atom. The zero-order valence-electron chi connectivity index (χ0n) is 13.1. The van der Waals surface area contributed by atoms with Gasteiger partial charge in [0.1, 0.15) is 6.10 Å². The van der Waals surface area contributed by atoms with Crippen LogP contribution in [-0.4, -0.2) is 35.6 Å². The van der Waals surface area contributed by atoms with E-state index < -0.39 is 0 Å². The van der Waals surface area contributed by atoms with E-state index in [-0.39, 0.29) is 12.2 Å². The number of halogens is 1. The van der Waals surface area contributed by atoms with Crippen molar-refractivity contribution in [2.24, 2.45) is 0 Å². The smallest absolute Gasteiger partial charge is 0.410 e. The van der Waals surface area contributed by atoms with E-state index >= 15 is 0 Å². The van der Waals surface area contributed by atoms with Crippen LogP contribution in [-0.2, 0) is 4.74 Å². The number of cyclic esters (lactones) is 1. The van der Waals surface area contributed by atoms with Gasteiger partial charge in [-0.25, -0.2) is 4.79 Å². The van der Waals surface area contributed by atoms with E-state index in [0.717, 1.165) is 12.8 Å². The fraction of sp³-hybridized carbons (Fsp3) is 0.938. The molecule has 0 aliphatic carbocycles. The third-order valence-corrected chi connectivity index (χ3v) is 4.39. The molecule has 0 N–H and O–H groups in total. The highest BCUT2D eigenvalue weighted by atomic mass is 35.5. The first-order valence-electron chi connectivity index (χ1n) is 8.26. The minimum absolute atomic E-state index is 0.117. The number of hydrogen-bond donors (Lipinski definition) is 0. The Bertz CT molecular complexity index is 273. The van der Waals surface area contributed by atoms with Gasteiger partial charge < -0.3 is 9.64 Å². The van der Waals surface area contributed by atoms with Crippen molar-refractivity contribution in [3.63, 3.8) is 0 Å². The first-order chi connectivity index (χ1) is 9.72. The lowest BCUT2D eigenvalue weighted by Gasteiger charge is -2.25. The predicted molar refractivity (Wildman–Crippen MR) is 84.4 cm³/mol. The molecule has 0 aromatic rings. The van der Waals surface area contributed by atoms with E-state index in [2.05, 4.69) is 13.8 Å². The Morgan fingerprint density at radius 3 is 2.40 bits per heavy atom. The predicted octanol–water partition coefficient (Wildman–Crippen LogP) is 4.97. The summed E-state index contributed by atoms with van der Waals surface area (Å²) in [5, 5.41) is 0. The minimum atomic E-state index is -0.162. The van der Waals surface area contributed by atoms with Gasteiger partial charge in [-0.2, -0.15) is 0 Å². The molecule has 0 aromatic heterocycles. The third kappa shape index (κ3) is 5.90. The highest BCUT2D eigenvalue weighted by Gasteiger charge is 2.34. The maximum atomic E-state index is 11.9. The molecule has 2 atom stereocenters. The Hall–Kier alpha value is -0.440. The van der Waals surface area contributed by atoms with Gasteiger partial charge in [-0.1, -0.05) is 58.8 Å². The van der Waals surface area contributed by atoms with E-state index in [4.69, 9.17) is 16.3 Å². The van der Waals surface area contributed by atoms with Crippen LogP contribution >= 0.6 is 11.6 Å². The molecule has 1 aliphatic rings. The highest BCUT2D eigenvalue weighted by Crippen LogP contribution is 2.23. The standard InChI is InChI=1S/C16H30ClNO2/c1-3-5-7-8-9-11-14(10-6-4-2)18-13-15(12-17)20-16(18)19/h14-15H,3-13H2,1-2H3. The van der Waals surface area contributed by atoms with Crippen LogP contribution in [0.2, 0.25) is 0 Å². The zero-order chi connectivity index (χ0) is 14.8. The number of amides is 1. The van der Waals surface area contributed by atoms with Gasteiger partial charge in [-0.15, -0.1) is 11.6 Å². The van der Waals surface area contributed by atoms with E-state index in [9.17, 15) is 4.79 Å². The summed E-state index contributed by atoms with van der Waals surface area (Å²) in [5.41, 5.74) is 0. The molecule has 4 heteroatoms. The number of hydrogen-bond acceptors (Lipinski definition) is 2. The second-order valence-corrected chi connectivity index (χ2v) is 6.12. The average Bonchev–Trinajstić information content (AvgIpc) is 2.83. The summed E-state index contributed by atoms with van der Waals surface area (Å²) in [7, 11) is 0. The van der Waals surface area contributed by atoms with Crippen LogP contribution in [0.3, 0.4) is 0 Å². The number of unbranched alkanes of at least 4 members (excludes halogenated alkanes) is 5.